The van der Waals surface area contributed by atoms with Crippen LogP contribution in [-0.2, 0) is 51.1 Å². The van der Waals surface area contributed by atoms with Crippen LogP contribution in [0.4, 0.5) is 9.18 Å². The largest absolute Gasteiger partial charge is 0.506 e. The molecule has 3 N–H and O–H groups in total. The van der Waals surface area contributed by atoms with E-state index in [1.165, 1.54) is 13.2 Å². The molecule has 10 nitrogen and oxygen atoms in total. The fraction of sp³-hybridized carbons (Fsp3) is 0.448. The molecule has 1 amide bonds. The molecule has 1 aliphatic heterocycles. The van der Waals surface area contributed by atoms with Gasteiger partial charge in [-0.3, -0.25) is 13.8 Å². The van der Waals surface area contributed by atoms with Crippen molar-refractivity contribution < 1.29 is 32.8 Å². The maximum absolute atomic E-state index is 14.5. The molecule has 1 aromatic carbocycles. The van der Waals surface area contributed by atoms with Gasteiger partial charge in [0.25, 0.3) is 5.56 Å². The summed E-state index contributed by atoms with van der Waals surface area (Å²) in [5.41, 5.74) is 11.4. The van der Waals surface area contributed by atoms with Gasteiger partial charge in [-0.25, -0.2) is 14.2 Å². The molecule has 0 fully saturated rings. The van der Waals surface area contributed by atoms with Crippen molar-refractivity contribution >= 4 is 33.8 Å². The number of fused-ring (bicyclic) bond motifs is 4. The van der Waals surface area contributed by atoms with E-state index in [0.717, 1.165) is 47.0 Å². The van der Waals surface area contributed by atoms with E-state index in [0.29, 0.717) is 46.8 Å². The molecule has 1 unspecified atom stereocenters. The first-order valence-corrected chi connectivity index (χ1v) is 14.9. The highest BCUT2D eigenvalue weighted by Crippen LogP contribution is 2.41. The van der Waals surface area contributed by atoms with Crippen LogP contribution in [-0.4, -0.2) is 56.2 Å². The van der Waals surface area contributed by atoms with Crippen LogP contribution in [0.2, 0.25) is 0 Å². The minimum absolute atomic E-state index is 0.0661. The number of pyridine rings is 2. The number of carbonyl (C=O) groups excluding carboxylic acids is 1. The fourth-order valence-corrected chi connectivity index (χ4v) is 5.96. The van der Waals surface area contributed by atoms with Gasteiger partial charge in [0.15, 0.2) is 0 Å². The monoisotopic (exact) mass is 589 g/mol. The van der Waals surface area contributed by atoms with Crippen molar-refractivity contribution in [1.82, 2.24) is 9.55 Å². The second kappa shape index (κ2) is 13.8. The number of ether oxygens (including phenoxy) is 2. The summed E-state index contributed by atoms with van der Waals surface area (Å²) in [6.07, 6.45) is 1.22. The summed E-state index contributed by atoms with van der Waals surface area (Å²) < 4.78 is 36.1. The lowest BCUT2D eigenvalue weighted by Crippen LogP contribution is -2.25. The molecule has 12 heteroatoms. The third-order valence-electron chi connectivity index (χ3n) is 7.01. The Hall–Kier alpha value is -3.64. The van der Waals surface area contributed by atoms with Crippen LogP contribution in [0, 0.1) is 19.7 Å². The molecule has 3 heterocycles. The topological polar surface area (TPSA) is 151 Å². The van der Waals surface area contributed by atoms with Gasteiger partial charge < -0.3 is 24.9 Å². The van der Waals surface area contributed by atoms with Crippen LogP contribution >= 0.6 is 0 Å². The number of methoxy groups -OCH3 is 1. The number of aromatic nitrogens is 2. The maximum atomic E-state index is 14.5. The van der Waals surface area contributed by atoms with Crippen molar-refractivity contribution in [3.8, 4) is 11.4 Å². The summed E-state index contributed by atoms with van der Waals surface area (Å²) in [4.78, 5) is 38.7. The number of amides is 1. The van der Waals surface area contributed by atoms with Crippen LogP contribution in [0.5, 0.6) is 0 Å². The summed E-state index contributed by atoms with van der Waals surface area (Å²) in [6.45, 7) is 8.07. The highest BCUT2D eigenvalue weighted by atomic mass is 32.2. The number of primary amides is 1. The lowest BCUT2D eigenvalue weighted by Gasteiger charge is -2.21. The number of benzene rings is 1. The van der Waals surface area contributed by atoms with Crippen LogP contribution in [0.25, 0.3) is 22.3 Å². The summed E-state index contributed by atoms with van der Waals surface area (Å²) >= 11 is 0. The van der Waals surface area contributed by atoms with Crippen molar-refractivity contribution in [3.05, 3.63) is 61.7 Å². The number of hydrogen-bond acceptors (Lipinski definition) is 7. The summed E-state index contributed by atoms with van der Waals surface area (Å²) in [6, 6.07) is 3.33. The van der Waals surface area contributed by atoms with Gasteiger partial charge in [-0.05, 0) is 61.4 Å². The van der Waals surface area contributed by atoms with Gasteiger partial charge in [-0.1, -0.05) is 13.8 Å². The molecular weight excluding hydrogens is 553 g/mol. The zero-order valence-corrected chi connectivity index (χ0v) is 24.8. The smallest absolute Gasteiger partial charge is 0.450 e. The molecule has 0 saturated carbocycles. The normalized spacial score (nSPS) is 13.2. The van der Waals surface area contributed by atoms with E-state index in [4.69, 9.17) is 15.8 Å². The number of carboxylic acid groups (broad SMARTS) is 1. The molecular formula is C29H36FN3O7S. The zero-order chi connectivity index (χ0) is 30.4. The molecule has 5 rings (SSSR count). The van der Waals surface area contributed by atoms with Gasteiger partial charge in [0.05, 0.1) is 35.6 Å². The summed E-state index contributed by atoms with van der Waals surface area (Å²) in [5, 5.41) is 9.80. The lowest BCUT2D eigenvalue weighted by atomic mass is 9.85. The molecule has 0 bridgehead atoms. The van der Waals surface area contributed by atoms with E-state index in [-0.39, 0.29) is 23.7 Å². The zero-order valence-electron chi connectivity index (χ0n) is 24.0. The molecule has 41 heavy (non-hydrogen) atoms. The van der Waals surface area contributed by atoms with E-state index < -0.39 is 22.9 Å². The summed E-state index contributed by atoms with van der Waals surface area (Å²) in [7, 11) is 0.366. The second-order valence-corrected chi connectivity index (χ2v) is 11.1. The third kappa shape index (κ3) is 6.82. The van der Waals surface area contributed by atoms with Crippen molar-refractivity contribution in [2.75, 3.05) is 25.2 Å². The molecule has 222 valence electrons. The SMILES string of the molecule is CC.COCCS(=O)CC(N)=O.Cc1cc2n(c(=O)c1COC(=O)O)Cc1c-2nc2cc(F)c(C)c3c2c1CCC3. The fourth-order valence-electron chi connectivity index (χ4n) is 5.14. The minimum atomic E-state index is -1.42. The first-order valence-electron chi connectivity index (χ1n) is 13.4. The van der Waals surface area contributed by atoms with E-state index in [9.17, 15) is 23.0 Å². The number of rotatable bonds is 7. The first-order chi connectivity index (χ1) is 19.5. The van der Waals surface area contributed by atoms with Gasteiger partial charge in [0.1, 0.15) is 18.2 Å². The van der Waals surface area contributed by atoms with Gasteiger partial charge in [0, 0.05) is 40.7 Å². The molecule has 2 aliphatic rings. The standard InChI is InChI=1S/C22H19FN2O4.C5H11NO3S.C2H6/c1-10-6-18-20-14(8-25(18)21(26)15(10)9-29-22(27)28)13-5-3-4-12-11(2)16(23)7-17(24-20)19(12)13;1-9-2-3-10(8)4-5(6)7;1-2/h6-7H,3-5,8-9H2,1-2H3,(H,27,28);2-4H2,1H3,(H2,6,7);1-2H3. The molecule has 2 aromatic heterocycles. The Morgan fingerprint density at radius 2 is 1.85 bits per heavy atom. The predicted molar refractivity (Wildman–Crippen MR) is 155 cm³/mol. The van der Waals surface area contributed by atoms with E-state index in [1.54, 1.807) is 11.5 Å². The Morgan fingerprint density at radius 3 is 2.49 bits per heavy atom. The number of aryl methyl sites for hydroxylation is 3. The number of nitrogens with two attached hydrogens (primary N) is 1. The Kier molecular flexibility index (Phi) is 10.7. The van der Waals surface area contributed by atoms with Gasteiger partial charge in [-0.15, -0.1) is 0 Å². The molecule has 1 aliphatic carbocycles. The van der Waals surface area contributed by atoms with Crippen molar-refractivity contribution in [3.63, 3.8) is 0 Å². The Balaban J connectivity index is 0.000000330. The van der Waals surface area contributed by atoms with Crippen LogP contribution in [0.1, 0.15) is 53.6 Å². The highest BCUT2D eigenvalue weighted by molar-refractivity contribution is 7.85. The Bertz CT molecular complexity index is 1570. The van der Waals surface area contributed by atoms with Crippen LogP contribution in [0.15, 0.2) is 16.9 Å². The van der Waals surface area contributed by atoms with E-state index in [1.807, 2.05) is 26.8 Å². The van der Waals surface area contributed by atoms with Gasteiger partial charge in [0.2, 0.25) is 5.91 Å². The van der Waals surface area contributed by atoms with Crippen LogP contribution in [0.3, 0.4) is 0 Å². The average Bonchev–Trinajstić information content (AvgIpc) is 3.30. The second-order valence-electron chi connectivity index (χ2n) is 9.51. The van der Waals surface area contributed by atoms with Crippen LogP contribution < -0.4 is 11.3 Å². The summed E-state index contributed by atoms with van der Waals surface area (Å²) in [5.74, 6) is -0.474. The van der Waals surface area contributed by atoms with Gasteiger partial charge >= 0.3 is 6.16 Å². The molecule has 0 radical (unpaired) electrons. The predicted octanol–water partition coefficient (Wildman–Crippen LogP) is 3.76. The maximum Gasteiger partial charge on any atom is 0.506 e. The Labute approximate surface area is 240 Å². The minimum Gasteiger partial charge on any atom is -0.450 e. The number of halogens is 1. The van der Waals surface area contributed by atoms with Crippen molar-refractivity contribution in [1.29, 1.82) is 0 Å². The number of hydrogen-bond donors (Lipinski definition) is 2. The lowest BCUT2D eigenvalue weighted by molar-refractivity contribution is -0.115. The highest BCUT2D eigenvalue weighted by Gasteiger charge is 2.30. The molecule has 0 saturated heterocycles. The van der Waals surface area contributed by atoms with Crippen molar-refractivity contribution in [2.24, 2.45) is 5.73 Å². The average molecular weight is 590 g/mol. The van der Waals surface area contributed by atoms with Gasteiger partial charge in [-0.2, -0.15) is 0 Å². The van der Waals surface area contributed by atoms with E-state index >= 15 is 0 Å². The van der Waals surface area contributed by atoms with E-state index in [2.05, 4.69) is 9.47 Å². The van der Waals surface area contributed by atoms with Crippen molar-refractivity contribution in [2.45, 2.75) is 60.1 Å². The first kappa shape index (κ1) is 31.9. The molecule has 3 aromatic rings. The number of nitrogens with zero attached hydrogens (tertiary/aromatic N) is 2. The Morgan fingerprint density at radius 1 is 1.17 bits per heavy atom. The molecule has 1 atom stereocenters. The third-order valence-corrected chi connectivity index (χ3v) is 8.24. The molecule has 0 spiro atoms. The number of carbonyl (C=O) groups is 2. The quantitative estimate of drug-likeness (QED) is 0.309.